The molecule has 1 aromatic carbocycles. The molecule has 100 valence electrons. The molecule has 0 aliphatic rings. The van der Waals surface area contributed by atoms with Crippen molar-refractivity contribution in [2.45, 2.75) is 25.1 Å². The highest BCUT2D eigenvalue weighted by molar-refractivity contribution is 9.10. The zero-order valence-electron chi connectivity index (χ0n) is 9.17. The number of hydrogen-bond donors (Lipinski definition) is 2. The number of benzene rings is 1. The normalized spacial score (nSPS) is 13.4. The van der Waals surface area contributed by atoms with Crippen molar-refractivity contribution < 1.29 is 23.1 Å². The number of hydrogen-bond acceptors (Lipinski definition) is 2. The first kappa shape index (κ1) is 15.0. The average Bonchev–Trinajstić information content (AvgIpc) is 2.24. The molecule has 3 N–H and O–H groups in total. The van der Waals surface area contributed by atoms with Crippen molar-refractivity contribution >= 4 is 21.9 Å². The molecule has 7 heteroatoms. The minimum atomic E-state index is -4.41. The molecule has 0 bridgehead atoms. The van der Waals surface area contributed by atoms with E-state index in [2.05, 4.69) is 15.9 Å². The molecule has 1 aromatic rings. The summed E-state index contributed by atoms with van der Waals surface area (Å²) in [6.45, 7) is 0. The van der Waals surface area contributed by atoms with Gasteiger partial charge in [-0.25, -0.2) is 0 Å². The number of carbonyl (C=O) groups is 1. The molecule has 0 saturated carbocycles. The highest BCUT2D eigenvalue weighted by atomic mass is 79.9. The lowest BCUT2D eigenvalue weighted by Crippen LogP contribution is -2.14. The lowest BCUT2D eigenvalue weighted by Gasteiger charge is -2.15. The summed E-state index contributed by atoms with van der Waals surface area (Å²) in [4.78, 5) is 10.4. The topological polar surface area (TPSA) is 63.3 Å². The van der Waals surface area contributed by atoms with E-state index >= 15 is 0 Å². The van der Waals surface area contributed by atoms with Gasteiger partial charge >= 0.3 is 12.1 Å². The summed E-state index contributed by atoms with van der Waals surface area (Å²) in [7, 11) is 0. The average molecular weight is 326 g/mol. The molecule has 18 heavy (non-hydrogen) atoms. The number of nitrogens with two attached hydrogens (primary N) is 1. The number of rotatable bonds is 4. The van der Waals surface area contributed by atoms with E-state index < -0.39 is 23.8 Å². The molecule has 1 unspecified atom stereocenters. The van der Waals surface area contributed by atoms with Crippen molar-refractivity contribution in [3.8, 4) is 0 Å². The second-order valence-corrected chi connectivity index (χ2v) is 4.63. The van der Waals surface area contributed by atoms with Crippen LogP contribution in [0.15, 0.2) is 22.7 Å². The van der Waals surface area contributed by atoms with Gasteiger partial charge in [0.15, 0.2) is 0 Å². The summed E-state index contributed by atoms with van der Waals surface area (Å²) >= 11 is 3.02. The van der Waals surface area contributed by atoms with Crippen LogP contribution in [-0.2, 0) is 11.0 Å². The maximum atomic E-state index is 12.4. The highest BCUT2D eigenvalue weighted by Gasteiger charge is 2.31. The Kier molecular flexibility index (Phi) is 4.75. The van der Waals surface area contributed by atoms with Crippen LogP contribution in [0.4, 0.5) is 13.2 Å². The van der Waals surface area contributed by atoms with Crippen LogP contribution in [0.25, 0.3) is 0 Å². The van der Waals surface area contributed by atoms with E-state index in [9.17, 15) is 18.0 Å². The third kappa shape index (κ3) is 3.99. The van der Waals surface area contributed by atoms with Gasteiger partial charge < -0.3 is 10.8 Å². The fourth-order valence-electron chi connectivity index (χ4n) is 1.44. The lowest BCUT2D eigenvalue weighted by atomic mass is 10.0. The number of aliphatic carboxylic acids is 1. The van der Waals surface area contributed by atoms with E-state index in [-0.39, 0.29) is 17.3 Å². The minimum absolute atomic E-state index is 0.130. The van der Waals surface area contributed by atoms with Crippen molar-refractivity contribution in [3.05, 3.63) is 33.8 Å². The quantitative estimate of drug-likeness (QED) is 0.892. The van der Waals surface area contributed by atoms with Crippen molar-refractivity contribution in [1.29, 1.82) is 0 Å². The Morgan fingerprint density at radius 1 is 1.44 bits per heavy atom. The molecule has 0 fully saturated rings. The Bertz CT molecular complexity index is 448. The highest BCUT2D eigenvalue weighted by Crippen LogP contribution is 2.34. The summed E-state index contributed by atoms with van der Waals surface area (Å²) in [5, 5.41) is 8.51. The van der Waals surface area contributed by atoms with Crippen LogP contribution in [0, 0.1) is 0 Å². The fourth-order valence-corrected chi connectivity index (χ4v) is 2.11. The molecule has 0 aromatic heterocycles. The smallest absolute Gasteiger partial charge is 0.416 e. The Morgan fingerprint density at radius 2 is 2.06 bits per heavy atom. The molecular weight excluding hydrogens is 315 g/mol. The SMILES string of the molecule is NC(CCC(=O)O)c1ccc(C(F)(F)F)cc1Br. The molecule has 0 radical (unpaired) electrons. The molecule has 0 spiro atoms. The van der Waals surface area contributed by atoms with Crippen LogP contribution in [0.5, 0.6) is 0 Å². The van der Waals surface area contributed by atoms with E-state index in [1.165, 1.54) is 6.07 Å². The summed E-state index contributed by atoms with van der Waals surface area (Å²) in [6.07, 6.45) is -4.37. The summed E-state index contributed by atoms with van der Waals surface area (Å²) in [6, 6.07) is 2.52. The predicted octanol–water partition coefficient (Wildman–Crippen LogP) is 3.33. The lowest BCUT2D eigenvalue weighted by molar-refractivity contribution is -0.138. The first-order valence-corrected chi connectivity index (χ1v) is 5.85. The standard InChI is InChI=1S/C11H11BrF3NO2/c12-8-5-6(11(13,14)15)1-2-7(8)9(16)3-4-10(17)18/h1-2,5,9H,3-4,16H2,(H,17,18). The monoisotopic (exact) mass is 325 g/mol. The molecular formula is C11H11BrF3NO2. The molecule has 3 nitrogen and oxygen atoms in total. The van der Waals surface area contributed by atoms with Gasteiger partial charge in [0.2, 0.25) is 0 Å². The molecule has 0 heterocycles. The molecule has 0 aliphatic heterocycles. The van der Waals surface area contributed by atoms with Crippen LogP contribution in [-0.4, -0.2) is 11.1 Å². The van der Waals surface area contributed by atoms with E-state index in [1.807, 2.05) is 0 Å². The van der Waals surface area contributed by atoms with Gasteiger partial charge in [0.25, 0.3) is 0 Å². The first-order chi connectivity index (χ1) is 8.21. The minimum Gasteiger partial charge on any atom is -0.481 e. The second kappa shape index (κ2) is 5.71. The summed E-state index contributed by atoms with van der Waals surface area (Å²) < 4.78 is 37.5. The summed E-state index contributed by atoms with van der Waals surface area (Å²) in [5.41, 5.74) is 5.42. The second-order valence-electron chi connectivity index (χ2n) is 3.77. The van der Waals surface area contributed by atoms with Gasteiger partial charge in [-0.05, 0) is 24.1 Å². The van der Waals surface area contributed by atoms with Gasteiger partial charge in [0, 0.05) is 16.9 Å². The molecule has 0 saturated heterocycles. The van der Waals surface area contributed by atoms with E-state index in [0.717, 1.165) is 12.1 Å². The molecule has 0 amide bonds. The predicted molar refractivity (Wildman–Crippen MR) is 62.9 cm³/mol. The van der Waals surface area contributed by atoms with Crippen LogP contribution in [0.1, 0.15) is 30.0 Å². The van der Waals surface area contributed by atoms with Gasteiger partial charge in [0.1, 0.15) is 0 Å². The van der Waals surface area contributed by atoms with Crippen LogP contribution < -0.4 is 5.73 Å². The molecule has 1 rings (SSSR count). The van der Waals surface area contributed by atoms with E-state index in [4.69, 9.17) is 10.8 Å². The van der Waals surface area contributed by atoms with Gasteiger partial charge in [-0.15, -0.1) is 0 Å². The van der Waals surface area contributed by atoms with E-state index in [0.29, 0.717) is 5.56 Å². The summed E-state index contributed by atoms with van der Waals surface area (Å²) in [5.74, 6) is -0.992. The Balaban J connectivity index is 2.88. The number of carboxylic acid groups (broad SMARTS) is 1. The maximum Gasteiger partial charge on any atom is 0.416 e. The van der Waals surface area contributed by atoms with Crippen molar-refractivity contribution in [1.82, 2.24) is 0 Å². The maximum absolute atomic E-state index is 12.4. The van der Waals surface area contributed by atoms with Gasteiger partial charge in [-0.1, -0.05) is 22.0 Å². The fraction of sp³-hybridized carbons (Fsp3) is 0.364. The van der Waals surface area contributed by atoms with Crippen molar-refractivity contribution in [2.24, 2.45) is 5.73 Å². The van der Waals surface area contributed by atoms with Crippen molar-refractivity contribution in [3.63, 3.8) is 0 Å². The Labute approximate surface area is 110 Å². The Morgan fingerprint density at radius 3 is 2.50 bits per heavy atom. The number of carboxylic acids is 1. The van der Waals surface area contributed by atoms with Gasteiger partial charge in [-0.2, -0.15) is 13.2 Å². The van der Waals surface area contributed by atoms with Crippen LogP contribution >= 0.6 is 15.9 Å². The largest absolute Gasteiger partial charge is 0.481 e. The third-order valence-corrected chi connectivity index (χ3v) is 3.08. The number of halogens is 4. The zero-order valence-corrected chi connectivity index (χ0v) is 10.8. The van der Waals surface area contributed by atoms with E-state index in [1.54, 1.807) is 0 Å². The van der Waals surface area contributed by atoms with Crippen LogP contribution in [0.2, 0.25) is 0 Å². The van der Waals surface area contributed by atoms with Crippen LogP contribution in [0.3, 0.4) is 0 Å². The van der Waals surface area contributed by atoms with Crippen molar-refractivity contribution in [2.75, 3.05) is 0 Å². The van der Waals surface area contributed by atoms with Gasteiger partial charge in [-0.3, -0.25) is 4.79 Å². The van der Waals surface area contributed by atoms with Gasteiger partial charge in [0.05, 0.1) is 5.56 Å². The number of alkyl halides is 3. The molecule has 1 atom stereocenters. The molecule has 0 aliphatic carbocycles. The zero-order chi connectivity index (χ0) is 13.9. The Hall–Kier alpha value is -1.08. The first-order valence-electron chi connectivity index (χ1n) is 5.06. The third-order valence-electron chi connectivity index (χ3n) is 2.40.